The SMILES string of the molecule is C.C.C.CC(C)(C)OC(=O)N1CCC[C@H]1CCC(O)c1ccccc1.CC(C)(C)OC(=O)N1CCC[C@H]1CCC=O.CON(C)C(=O)CC[C@@H]1CCCN1C(=O)OC(C)(C)C.OC(CCC1CCCC1)c1ccccc1.[Br-].[Mg+2].[c-]1ccccc1. The molecule has 0 spiro atoms. The molecule has 2 N–H and O–H groups in total. The van der Waals surface area contributed by atoms with Gasteiger partial charge in [-0.2, -0.15) is 36.4 Å². The van der Waals surface area contributed by atoms with Crippen molar-refractivity contribution < 1.29 is 70.2 Å². The minimum absolute atomic E-state index is 0. The minimum Gasteiger partial charge on any atom is -1.00 e. The summed E-state index contributed by atoms with van der Waals surface area (Å²) in [7, 11) is 3.04. The first-order chi connectivity index (χ1) is 37.4. The fraction of sp³-hybridized carbons (Fsp3) is 0.657. The van der Waals surface area contributed by atoms with E-state index in [-0.39, 0.29) is 111 Å². The van der Waals surface area contributed by atoms with Crippen LogP contribution in [0.15, 0.2) is 91.0 Å². The molecule has 474 valence electrons. The van der Waals surface area contributed by atoms with Crippen LogP contribution in [-0.2, 0) is 28.6 Å². The van der Waals surface area contributed by atoms with Crippen LogP contribution in [0.5, 0.6) is 0 Å². The number of halogens is 1. The minimum atomic E-state index is -0.490. The van der Waals surface area contributed by atoms with Crippen LogP contribution in [0.4, 0.5) is 14.4 Å². The summed E-state index contributed by atoms with van der Waals surface area (Å²) in [5.74, 6) is 0.798. The number of hydrogen-bond donors (Lipinski definition) is 2. The molecule has 15 nitrogen and oxygen atoms in total. The second-order valence-corrected chi connectivity index (χ2v) is 24.0. The average molecular weight is 1250 g/mol. The van der Waals surface area contributed by atoms with E-state index in [0.717, 1.165) is 94.2 Å². The number of ether oxygens (including phenoxy) is 3. The summed E-state index contributed by atoms with van der Waals surface area (Å²) in [6.45, 7) is 19.0. The molecule has 7 rings (SSSR count). The number of likely N-dealkylation sites (tertiary alicyclic amines) is 3. The number of hydroxylamine groups is 2. The number of carbonyl (C=O) groups excluding carboxylic acids is 5. The first-order valence-corrected chi connectivity index (χ1v) is 29.0. The summed E-state index contributed by atoms with van der Waals surface area (Å²) in [6.07, 6.45) is 16.7. The maximum absolute atomic E-state index is 12.2. The number of benzene rings is 3. The van der Waals surface area contributed by atoms with Crippen molar-refractivity contribution in [1.29, 1.82) is 0 Å². The number of aldehydes is 1. The fourth-order valence-corrected chi connectivity index (χ4v) is 9.97. The van der Waals surface area contributed by atoms with Gasteiger partial charge in [-0.25, -0.2) is 19.4 Å². The van der Waals surface area contributed by atoms with E-state index < -0.39 is 22.9 Å². The molecule has 1 saturated carbocycles. The Bertz CT molecular complexity index is 2150. The van der Waals surface area contributed by atoms with Crippen molar-refractivity contribution in [3.8, 4) is 0 Å². The van der Waals surface area contributed by atoms with E-state index in [0.29, 0.717) is 32.2 Å². The van der Waals surface area contributed by atoms with Gasteiger partial charge in [0.1, 0.15) is 23.1 Å². The largest absolute Gasteiger partial charge is 2.00 e. The Hall–Kier alpha value is -4.26. The normalized spacial score (nSPS) is 17.8. The number of amides is 4. The molecular weight excluding hydrogens is 1140 g/mol. The summed E-state index contributed by atoms with van der Waals surface area (Å²) < 4.78 is 16.2. The topological polar surface area (TPSA) is 176 Å². The van der Waals surface area contributed by atoms with Crippen LogP contribution < -0.4 is 17.0 Å². The van der Waals surface area contributed by atoms with Gasteiger partial charge in [0.05, 0.1) is 19.3 Å². The molecule has 17 heteroatoms. The Morgan fingerprint density at radius 2 is 0.929 bits per heavy atom. The van der Waals surface area contributed by atoms with E-state index >= 15 is 0 Å². The van der Waals surface area contributed by atoms with Crippen molar-refractivity contribution in [3.05, 3.63) is 108 Å². The van der Waals surface area contributed by atoms with Gasteiger partial charge >= 0.3 is 41.3 Å². The Balaban J connectivity index is -0.000000994. The number of carbonyl (C=O) groups is 5. The molecule has 0 aromatic heterocycles. The van der Waals surface area contributed by atoms with E-state index in [1.54, 1.807) is 16.8 Å². The smallest absolute Gasteiger partial charge is 1.00 e. The van der Waals surface area contributed by atoms with Gasteiger partial charge in [0, 0.05) is 57.6 Å². The number of nitrogens with zero attached hydrogens (tertiary/aromatic N) is 4. The zero-order valence-corrected chi connectivity index (χ0v) is 54.0. The van der Waals surface area contributed by atoms with Crippen molar-refractivity contribution in [2.24, 2.45) is 5.92 Å². The van der Waals surface area contributed by atoms with Crippen molar-refractivity contribution in [1.82, 2.24) is 19.8 Å². The third-order valence-corrected chi connectivity index (χ3v) is 14.0. The number of hydrogen-bond acceptors (Lipinski definition) is 11. The molecule has 4 amide bonds. The van der Waals surface area contributed by atoms with Gasteiger partial charge in [-0.15, -0.1) is 0 Å². The zero-order valence-electron chi connectivity index (χ0n) is 51.0. The van der Waals surface area contributed by atoms with Crippen LogP contribution >= 0.6 is 0 Å². The zero-order chi connectivity index (χ0) is 58.4. The van der Waals surface area contributed by atoms with Crippen LogP contribution in [0.25, 0.3) is 0 Å². The maximum Gasteiger partial charge on any atom is 2.00 e. The molecule has 0 radical (unpaired) electrons. The van der Waals surface area contributed by atoms with Gasteiger partial charge in [0.15, 0.2) is 0 Å². The molecule has 3 saturated heterocycles. The molecule has 0 bridgehead atoms. The van der Waals surface area contributed by atoms with Gasteiger partial charge in [0.2, 0.25) is 5.91 Å². The summed E-state index contributed by atoms with van der Waals surface area (Å²) in [6, 6.07) is 32.6. The van der Waals surface area contributed by atoms with E-state index in [1.165, 1.54) is 44.3 Å². The molecule has 3 aliphatic heterocycles. The van der Waals surface area contributed by atoms with Crippen molar-refractivity contribution in [2.75, 3.05) is 33.8 Å². The van der Waals surface area contributed by atoms with Gasteiger partial charge in [-0.1, -0.05) is 109 Å². The summed E-state index contributed by atoms with van der Waals surface area (Å²) in [5, 5.41) is 21.5. The Morgan fingerprint density at radius 3 is 1.26 bits per heavy atom. The fourth-order valence-electron chi connectivity index (χ4n) is 9.97. The summed E-state index contributed by atoms with van der Waals surface area (Å²) in [5.41, 5.74) is 0.596. The van der Waals surface area contributed by atoms with Crippen molar-refractivity contribution in [2.45, 2.75) is 247 Å². The third-order valence-electron chi connectivity index (χ3n) is 14.0. The van der Waals surface area contributed by atoms with E-state index in [9.17, 15) is 34.2 Å². The predicted octanol–water partition coefficient (Wildman–Crippen LogP) is 12.2. The van der Waals surface area contributed by atoms with Gasteiger partial charge in [0.25, 0.3) is 0 Å². The molecule has 2 unspecified atom stereocenters. The molecule has 1 aliphatic carbocycles. The summed E-state index contributed by atoms with van der Waals surface area (Å²) >= 11 is 0. The molecular formula is C67H111BrMgN4O11. The number of aliphatic hydroxyl groups excluding tert-OH is 2. The van der Waals surface area contributed by atoms with Crippen molar-refractivity contribution in [3.63, 3.8) is 0 Å². The average Bonchev–Trinajstić information content (AvgIpc) is 4.41. The second-order valence-electron chi connectivity index (χ2n) is 24.0. The standard InChI is InChI=1S/C18H27NO3.C14H26N2O4.C14H20O.C12H21NO3.C6H5.3CH4.BrH.Mg/c1-18(2,3)22-17(21)19-13-7-10-15(19)11-12-16(20)14-8-5-4-6-9-14;1-14(2,3)20-13(18)16-10-6-7-11(16)8-9-12(17)15(4)19-5;15-14(13-8-2-1-3-9-13)11-10-12-6-4-5-7-12;1-12(2,3)16-11(15)13-8-4-6-10(13)7-5-9-14;1-2-4-6-5-3-1;;;;;/h4-6,8-9,15-16,20H,7,10-13H2,1-3H3;11H,6-10H2,1-5H3;1-3,8-9,12,14-15H,4-7,10-11H2;9-10H,4-8H2,1-3H3;1-5H;3*1H4;1H;/q;;;;-1;;;;;+2/p-1/t15-,16?;11-;;10-;;;;;;/m00.0....../s1. The predicted molar refractivity (Wildman–Crippen MR) is 337 cm³/mol. The van der Waals surface area contributed by atoms with Crippen LogP contribution in [0.1, 0.15) is 224 Å². The Morgan fingerprint density at radius 1 is 0.571 bits per heavy atom. The van der Waals surface area contributed by atoms with Gasteiger partial charge in [-0.05, 0) is 156 Å². The first-order valence-electron chi connectivity index (χ1n) is 29.0. The second kappa shape index (κ2) is 44.2. The Kier molecular flexibility index (Phi) is 44.2. The quantitative estimate of drug-likeness (QED) is 0.0487. The third kappa shape index (κ3) is 34.8. The van der Waals surface area contributed by atoms with Crippen LogP contribution in [0, 0.1) is 12.0 Å². The molecule has 3 aromatic carbocycles. The molecule has 4 aliphatic rings. The first kappa shape index (κ1) is 83.9. The van der Waals surface area contributed by atoms with Gasteiger partial charge in [-0.3, -0.25) is 9.63 Å². The van der Waals surface area contributed by atoms with Crippen molar-refractivity contribution >= 4 is 53.5 Å². The van der Waals surface area contributed by atoms with E-state index in [1.807, 2.05) is 158 Å². The van der Waals surface area contributed by atoms with E-state index in [2.05, 4.69) is 6.07 Å². The van der Waals surface area contributed by atoms with E-state index in [4.69, 9.17) is 19.0 Å². The van der Waals surface area contributed by atoms with Crippen LogP contribution in [0.2, 0.25) is 0 Å². The van der Waals surface area contributed by atoms with Crippen LogP contribution in [-0.4, -0.2) is 152 Å². The molecule has 4 fully saturated rings. The Labute approximate surface area is 535 Å². The molecule has 5 atom stereocenters. The monoisotopic (exact) mass is 1250 g/mol. The van der Waals surface area contributed by atoms with Crippen LogP contribution in [0.3, 0.4) is 0 Å². The summed E-state index contributed by atoms with van der Waals surface area (Å²) in [4.78, 5) is 68.4. The number of rotatable bonds is 15. The van der Waals surface area contributed by atoms with Gasteiger partial charge < -0.3 is 60.9 Å². The molecule has 3 heterocycles. The molecule has 84 heavy (non-hydrogen) atoms. The molecule has 3 aromatic rings. The maximum atomic E-state index is 12.2. The number of aliphatic hydroxyl groups is 2.